The first-order valence-corrected chi connectivity index (χ1v) is 8.83. The molecule has 2 heterocycles. The standard InChI is InChI=1S/C20H27N3O2/c1-24-19-6-3-5-18(20(19)25-2)16-23-12-4-11-22(13-14-23)15-17-7-9-21-10-8-17/h3,5-10H,4,11-16H2,1-2H3. The molecule has 0 spiro atoms. The predicted molar refractivity (Wildman–Crippen MR) is 99.0 cm³/mol. The molecule has 25 heavy (non-hydrogen) atoms. The Labute approximate surface area is 150 Å². The van der Waals surface area contributed by atoms with Crippen LogP contribution < -0.4 is 9.47 Å². The van der Waals surface area contributed by atoms with Gasteiger partial charge in [0.1, 0.15) is 0 Å². The van der Waals surface area contributed by atoms with Gasteiger partial charge in [0.2, 0.25) is 0 Å². The summed E-state index contributed by atoms with van der Waals surface area (Å²) in [6.45, 7) is 6.27. The van der Waals surface area contributed by atoms with Crippen molar-refractivity contribution in [2.24, 2.45) is 0 Å². The van der Waals surface area contributed by atoms with Crippen LogP contribution in [0.2, 0.25) is 0 Å². The highest BCUT2D eigenvalue weighted by Gasteiger charge is 2.18. The van der Waals surface area contributed by atoms with Crippen LogP contribution in [0.4, 0.5) is 0 Å². The number of benzene rings is 1. The maximum atomic E-state index is 5.57. The van der Waals surface area contributed by atoms with Crippen molar-refractivity contribution < 1.29 is 9.47 Å². The monoisotopic (exact) mass is 341 g/mol. The highest BCUT2D eigenvalue weighted by atomic mass is 16.5. The normalized spacial score (nSPS) is 16.4. The lowest BCUT2D eigenvalue weighted by Gasteiger charge is -2.23. The Balaban J connectivity index is 1.60. The minimum absolute atomic E-state index is 0.800. The number of rotatable bonds is 6. The molecular formula is C20H27N3O2. The lowest BCUT2D eigenvalue weighted by Crippen LogP contribution is -2.30. The number of para-hydroxylation sites is 1. The van der Waals surface area contributed by atoms with E-state index in [1.54, 1.807) is 14.2 Å². The molecule has 0 saturated carbocycles. The fourth-order valence-electron chi connectivity index (χ4n) is 3.41. The van der Waals surface area contributed by atoms with Gasteiger partial charge in [0.25, 0.3) is 0 Å². The van der Waals surface area contributed by atoms with E-state index < -0.39 is 0 Å². The van der Waals surface area contributed by atoms with Crippen LogP contribution in [-0.2, 0) is 13.1 Å². The molecule has 3 rings (SSSR count). The molecule has 0 atom stereocenters. The third-order valence-electron chi connectivity index (χ3n) is 4.72. The van der Waals surface area contributed by atoms with Gasteiger partial charge in [-0.2, -0.15) is 0 Å². The fraction of sp³-hybridized carbons (Fsp3) is 0.450. The topological polar surface area (TPSA) is 37.8 Å². The summed E-state index contributed by atoms with van der Waals surface area (Å²) in [6, 6.07) is 10.3. The molecule has 0 unspecified atom stereocenters. The molecule has 1 aliphatic rings. The summed E-state index contributed by atoms with van der Waals surface area (Å²) in [5.74, 6) is 1.65. The van der Waals surface area contributed by atoms with Gasteiger partial charge in [-0.25, -0.2) is 0 Å². The summed E-state index contributed by atoms with van der Waals surface area (Å²) in [6.07, 6.45) is 4.92. The van der Waals surface area contributed by atoms with Crippen molar-refractivity contribution >= 4 is 0 Å². The first kappa shape index (κ1) is 17.7. The number of hydrogen-bond donors (Lipinski definition) is 0. The number of aromatic nitrogens is 1. The molecule has 1 aromatic heterocycles. The van der Waals surface area contributed by atoms with Crippen molar-refractivity contribution in [3.05, 3.63) is 53.9 Å². The van der Waals surface area contributed by atoms with E-state index in [2.05, 4.69) is 33.0 Å². The van der Waals surface area contributed by atoms with Crippen molar-refractivity contribution in [2.75, 3.05) is 40.4 Å². The lowest BCUT2D eigenvalue weighted by molar-refractivity contribution is 0.244. The second kappa shape index (κ2) is 8.83. The lowest BCUT2D eigenvalue weighted by atomic mass is 10.1. The Morgan fingerprint density at radius 3 is 2.28 bits per heavy atom. The molecule has 1 saturated heterocycles. The molecule has 1 fully saturated rings. The van der Waals surface area contributed by atoms with Crippen molar-refractivity contribution in [3.8, 4) is 11.5 Å². The van der Waals surface area contributed by atoms with Gasteiger partial charge in [0.05, 0.1) is 14.2 Å². The summed E-state index contributed by atoms with van der Waals surface area (Å²) in [7, 11) is 3.39. The third kappa shape index (κ3) is 4.71. The largest absolute Gasteiger partial charge is 0.493 e. The molecule has 0 aliphatic carbocycles. The van der Waals surface area contributed by atoms with E-state index >= 15 is 0 Å². The smallest absolute Gasteiger partial charge is 0.165 e. The van der Waals surface area contributed by atoms with E-state index in [0.717, 1.165) is 50.8 Å². The molecule has 5 nitrogen and oxygen atoms in total. The SMILES string of the molecule is COc1cccc(CN2CCCN(Cc3ccncc3)CC2)c1OC. The molecule has 134 valence electrons. The van der Waals surface area contributed by atoms with E-state index in [0.29, 0.717) is 0 Å². The van der Waals surface area contributed by atoms with Gasteiger partial charge in [-0.15, -0.1) is 0 Å². The zero-order valence-electron chi connectivity index (χ0n) is 15.1. The molecule has 1 aromatic carbocycles. The molecule has 0 radical (unpaired) electrons. The summed E-state index contributed by atoms with van der Waals surface area (Å²) in [5, 5.41) is 0. The van der Waals surface area contributed by atoms with Crippen LogP contribution in [-0.4, -0.2) is 55.2 Å². The van der Waals surface area contributed by atoms with E-state index in [1.165, 1.54) is 17.5 Å². The summed E-state index contributed by atoms with van der Waals surface area (Å²) < 4.78 is 11.0. The van der Waals surface area contributed by atoms with Gasteiger partial charge in [-0.05, 0) is 43.3 Å². The number of nitrogens with zero attached hydrogens (tertiary/aromatic N) is 3. The summed E-state index contributed by atoms with van der Waals surface area (Å²) >= 11 is 0. The third-order valence-corrected chi connectivity index (χ3v) is 4.72. The van der Waals surface area contributed by atoms with E-state index in [1.807, 2.05) is 24.5 Å². The molecule has 5 heteroatoms. The van der Waals surface area contributed by atoms with Crippen LogP contribution in [0.15, 0.2) is 42.7 Å². The van der Waals surface area contributed by atoms with Crippen LogP contribution >= 0.6 is 0 Å². The van der Waals surface area contributed by atoms with Crippen LogP contribution in [0.25, 0.3) is 0 Å². The number of ether oxygens (including phenoxy) is 2. The highest BCUT2D eigenvalue weighted by Crippen LogP contribution is 2.31. The molecular weight excluding hydrogens is 314 g/mol. The number of methoxy groups -OCH3 is 2. The summed E-state index contributed by atoms with van der Waals surface area (Å²) in [5.41, 5.74) is 2.52. The second-order valence-electron chi connectivity index (χ2n) is 6.41. The average molecular weight is 341 g/mol. The fourth-order valence-corrected chi connectivity index (χ4v) is 3.41. The Morgan fingerprint density at radius 1 is 0.880 bits per heavy atom. The van der Waals surface area contributed by atoms with E-state index in [-0.39, 0.29) is 0 Å². The van der Waals surface area contributed by atoms with Crippen LogP contribution in [0.1, 0.15) is 17.5 Å². The van der Waals surface area contributed by atoms with Gasteiger partial charge >= 0.3 is 0 Å². The maximum absolute atomic E-state index is 5.57. The first-order valence-electron chi connectivity index (χ1n) is 8.83. The van der Waals surface area contributed by atoms with Gasteiger partial charge < -0.3 is 9.47 Å². The molecule has 1 aliphatic heterocycles. The maximum Gasteiger partial charge on any atom is 0.165 e. The predicted octanol–water partition coefficient (Wildman–Crippen LogP) is 2.81. The van der Waals surface area contributed by atoms with Gasteiger partial charge in [-0.1, -0.05) is 12.1 Å². The Morgan fingerprint density at radius 2 is 1.60 bits per heavy atom. The zero-order chi connectivity index (χ0) is 17.5. The molecule has 0 bridgehead atoms. The number of pyridine rings is 1. The van der Waals surface area contributed by atoms with Crippen molar-refractivity contribution in [1.29, 1.82) is 0 Å². The second-order valence-corrected chi connectivity index (χ2v) is 6.41. The Kier molecular flexibility index (Phi) is 6.25. The minimum atomic E-state index is 0.800. The van der Waals surface area contributed by atoms with Crippen LogP contribution in [0.3, 0.4) is 0 Å². The van der Waals surface area contributed by atoms with Gasteiger partial charge in [0.15, 0.2) is 11.5 Å². The molecule has 2 aromatic rings. The van der Waals surface area contributed by atoms with Crippen molar-refractivity contribution in [3.63, 3.8) is 0 Å². The van der Waals surface area contributed by atoms with Gasteiger partial charge in [-0.3, -0.25) is 14.8 Å². The van der Waals surface area contributed by atoms with Crippen molar-refractivity contribution in [2.45, 2.75) is 19.5 Å². The number of hydrogen-bond acceptors (Lipinski definition) is 5. The minimum Gasteiger partial charge on any atom is -0.493 e. The Hall–Kier alpha value is -2.11. The quantitative estimate of drug-likeness (QED) is 0.808. The van der Waals surface area contributed by atoms with Crippen LogP contribution in [0.5, 0.6) is 11.5 Å². The summed E-state index contributed by atoms with van der Waals surface area (Å²) in [4.78, 5) is 9.13. The molecule has 0 N–H and O–H groups in total. The van der Waals surface area contributed by atoms with E-state index in [4.69, 9.17) is 9.47 Å². The van der Waals surface area contributed by atoms with Crippen LogP contribution in [0, 0.1) is 0 Å². The first-order chi connectivity index (χ1) is 12.3. The average Bonchev–Trinajstić information content (AvgIpc) is 2.87. The van der Waals surface area contributed by atoms with Crippen molar-refractivity contribution in [1.82, 2.24) is 14.8 Å². The molecule has 0 amide bonds. The van der Waals surface area contributed by atoms with Gasteiger partial charge in [0, 0.05) is 44.1 Å². The zero-order valence-corrected chi connectivity index (χ0v) is 15.1. The Bertz CT molecular complexity index is 663. The highest BCUT2D eigenvalue weighted by molar-refractivity contribution is 5.46. The van der Waals surface area contributed by atoms with E-state index in [9.17, 15) is 0 Å².